The number of hydrogen-bond acceptors (Lipinski definition) is 4. The molecule has 0 aliphatic heterocycles. The number of aryl methyl sites for hydroxylation is 2. The van der Waals surface area contributed by atoms with Gasteiger partial charge in [0.05, 0.1) is 14.2 Å². The van der Waals surface area contributed by atoms with Crippen molar-refractivity contribution in [2.45, 2.75) is 13.8 Å². The normalized spacial score (nSPS) is 10.0. The van der Waals surface area contributed by atoms with Gasteiger partial charge in [-0.15, -0.1) is 0 Å². The first-order chi connectivity index (χ1) is 11.4. The van der Waals surface area contributed by atoms with Crippen molar-refractivity contribution >= 4 is 28.9 Å². The number of rotatable bonds is 4. The van der Waals surface area contributed by atoms with Gasteiger partial charge in [0.15, 0.2) is 5.11 Å². The van der Waals surface area contributed by atoms with Gasteiger partial charge < -0.3 is 14.8 Å². The van der Waals surface area contributed by atoms with Gasteiger partial charge in [0.25, 0.3) is 5.91 Å². The second kappa shape index (κ2) is 7.79. The Kier molecular flexibility index (Phi) is 5.76. The van der Waals surface area contributed by atoms with Crippen molar-refractivity contribution < 1.29 is 14.3 Å². The van der Waals surface area contributed by atoms with Crippen LogP contribution in [0.3, 0.4) is 0 Å². The summed E-state index contributed by atoms with van der Waals surface area (Å²) in [6, 6.07) is 10.8. The predicted octanol–water partition coefficient (Wildman–Crippen LogP) is 3.45. The van der Waals surface area contributed by atoms with E-state index in [0.717, 1.165) is 11.3 Å². The summed E-state index contributed by atoms with van der Waals surface area (Å²) in [5.41, 5.74) is 3.56. The fourth-order valence-electron chi connectivity index (χ4n) is 2.10. The summed E-state index contributed by atoms with van der Waals surface area (Å²) < 4.78 is 10.3. The standard InChI is InChI=1S/C18H20N2O3S/c1-11-5-6-14(7-12(11)2)19-18(24)20-17(21)13-8-15(22-3)10-16(9-13)23-4/h5-10H,1-4H3,(H2,19,20,21,24). The molecule has 0 atom stereocenters. The van der Waals surface area contributed by atoms with E-state index in [9.17, 15) is 4.79 Å². The molecule has 24 heavy (non-hydrogen) atoms. The van der Waals surface area contributed by atoms with E-state index < -0.39 is 0 Å². The fourth-order valence-corrected chi connectivity index (χ4v) is 2.31. The van der Waals surface area contributed by atoms with E-state index in [1.165, 1.54) is 19.8 Å². The number of hydrogen-bond donors (Lipinski definition) is 2. The monoisotopic (exact) mass is 344 g/mol. The molecule has 0 saturated carbocycles. The van der Waals surface area contributed by atoms with Crippen LogP contribution in [0.1, 0.15) is 21.5 Å². The molecule has 0 aromatic heterocycles. The zero-order chi connectivity index (χ0) is 17.7. The van der Waals surface area contributed by atoms with E-state index in [0.29, 0.717) is 17.1 Å². The Morgan fingerprint density at radius 2 is 1.58 bits per heavy atom. The fraction of sp³-hybridized carbons (Fsp3) is 0.222. The molecule has 0 saturated heterocycles. The lowest BCUT2D eigenvalue weighted by atomic mass is 10.1. The maximum atomic E-state index is 12.4. The van der Waals surface area contributed by atoms with Crippen LogP contribution in [0, 0.1) is 13.8 Å². The highest BCUT2D eigenvalue weighted by atomic mass is 32.1. The number of ether oxygens (including phenoxy) is 2. The molecule has 0 radical (unpaired) electrons. The third kappa shape index (κ3) is 4.45. The van der Waals surface area contributed by atoms with Gasteiger partial charge in [-0.1, -0.05) is 6.07 Å². The van der Waals surface area contributed by atoms with Gasteiger partial charge in [0.1, 0.15) is 11.5 Å². The van der Waals surface area contributed by atoms with E-state index in [4.69, 9.17) is 21.7 Å². The van der Waals surface area contributed by atoms with E-state index in [1.54, 1.807) is 18.2 Å². The first kappa shape index (κ1) is 17.7. The van der Waals surface area contributed by atoms with Crippen LogP contribution in [-0.4, -0.2) is 25.2 Å². The van der Waals surface area contributed by atoms with Crippen molar-refractivity contribution in [1.82, 2.24) is 5.32 Å². The molecule has 0 spiro atoms. The Balaban J connectivity index is 2.08. The number of carbonyl (C=O) groups excluding carboxylic acids is 1. The SMILES string of the molecule is COc1cc(OC)cc(C(=O)NC(=S)Nc2ccc(C)c(C)c2)c1. The van der Waals surface area contributed by atoms with Crippen molar-refractivity contribution in [1.29, 1.82) is 0 Å². The molecule has 0 aliphatic carbocycles. The zero-order valence-corrected chi connectivity index (χ0v) is 14.9. The van der Waals surface area contributed by atoms with Gasteiger partial charge in [-0.3, -0.25) is 10.1 Å². The summed E-state index contributed by atoms with van der Waals surface area (Å²) in [6.45, 7) is 4.06. The lowest BCUT2D eigenvalue weighted by Crippen LogP contribution is -2.34. The minimum absolute atomic E-state index is 0.227. The molecule has 0 aliphatic rings. The number of amides is 1. The minimum atomic E-state index is -0.339. The quantitative estimate of drug-likeness (QED) is 0.832. The van der Waals surface area contributed by atoms with Crippen LogP contribution >= 0.6 is 12.2 Å². The van der Waals surface area contributed by atoms with Crippen LogP contribution < -0.4 is 20.1 Å². The van der Waals surface area contributed by atoms with E-state index >= 15 is 0 Å². The van der Waals surface area contributed by atoms with E-state index in [1.807, 2.05) is 32.0 Å². The smallest absolute Gasteiger partial charge is 0.257 e. The number of nitrogens with one attached hydrogen (secondary N) is 2. The Morgan fingerprint density at radius 3 is 2.12 bits per heavy atom. The highest BCUT2D eigenvalue weighted by molar-refractivity contribution is 7.80. The molecule has 1 amide bonds. The third-order valence-corrected chi connectivity index (χ3v) is 3.81. The van der Waals surface area contributed by atoms with Crippen LogP contribution in [0.4, 0.5) is 5.69 Å². The maximum absolute atomic E-state index is 12.4. The number of methoxy groups -OCH3 is 2. The van der Waals surface area contributed by atoms with Gasteiger partial charge in [0, 0.05) is 17.3 Å². The molecule has 2 rings (SSSR count). The molecule has 2 aromatic carbocycles. The molecule has 126 valence electrons. The third-order valence-electron chi connectivity index (χ3n) is 3.61. The predicted molar refractivity (Wildman–Crippen MR) is 99.1 cm³/mol. The maximum Gasteiger partial charge on any atom is 0.257 e. The summed E-state index contributed by atoms with van der Waals surface area (Å²) in [5.74, 6) is 0.730. The number of anilines is 1. The largest absolute Gasteiger partial charge is 0.497 e. The minimum Gasteiger partial charge on any atom is -0.497 e. The van der Waals surface area contributed by atoms with Gasteiger partial charge >= 0.3 is 0 Å². The summed E-state index contributed by atoms with van der Waals surface area (Å²) >= 11 is 5.21. The Labute approximate surface area is 147 Å². The molecule has 0 unspecified atom stereocenters. The average Bonchev–Trinajstić information content (AvgIpc) is 2.57. The number of benzene rings is 2. The van der Waals surface area contributed by atoms with Crippen molar-refractivity contribution in [3.05, 3.63) is 53.1 Å². The molecule has 6 heteroatoms. The highest BCUT2D eigenvalue weighted by Gasteiger charge is 2.11. The Hall–Kier alpha value is -2.60. The molecule has 5 nitrogen and oxygen atoms in total. The van der Waals surface area contributed by atoms with E-state index in [2.05, 4.69) is 10.6 Å². The van der Waals surface area contributed by atoms with Gasteiger partial charge in [-0.2, -0.15) is 0 Å². The van der Waals surface area contributed by atoms with Gasteiger partial charge in [-0.25, -0.2) is 0 Å². The summed E-state index contributed by atoms with van der Waals surface area (Å²) in [6.07, 6.45) is 0. The highest BCUT2D eigenvalue weighted by Crippen LogP contribution is 2.22. The summed E-state index contributed by atoms with van der Waals surface area (Å²) in [5, 5.41) is 5.88. The summed E-state index contributed by atoms with van der Waals surface area (Å²) in [4.78, 5) is 12.4. The van der Waals surface area contributed by atoms with Crippen LogP contribution in [0.5, 0.6) is 11.5 Å². The second-order valence-electron chi connectivity index (χ2n) is 5.31. The van der Waals surface area contributed by atoms with Gasteiger partial charge in [-0.05, 0) is 61.5 Å². The Bertz CT molecular complexity index is 753. The van der Waals surface area contributed by atoms with Crippen LogP contribution in [0.25, 0.3) is 0 Å². The van der Waals surface area contributed by atoms with Crippen LogP contribution in [0.15, 0.2) is 36.4 Å². The second-order valence-corrected chi connectivity index (χ2v) is 5.72. The molecular weight excluding hydrogens is 324 g/mol. The van der Waals surface area contributed by atoms with Crippen molar-refractivity contribution in [3.63, 3.8) is 0 Å². The van der Waals surface area contributed by atoms with Crippen molar-refractivity contribution in [3.8, 4) is 11.5 Å². The molecule has 2 N–H and O–H groups in total. The van der Waals surface area contributed by atoms with Gasteiger partial charge in [0.2, 0.25) is 0 Å². The number of carbonyl (C=O) groups is 1. The molecule has 0 heterocycles. The lowest BCUT2D eigenvalue weighted by Gasteiger charge is -2.12. The van der Waals surface area contributed by atoms with Crippen molar-refractivity contribution in [2.75, 3.05) is 19.5 Å². The molecular formula is C18H20N2O3S. The molecule has 0 fully saturated rings. The Morgan fingerprint density at radius 1 is 0.958 bits per heavy atom. The van der Waals surface area contributed by atoms with E-state index in [-0.39, 0.29) is 11.0 Å². The average molecular weight is 344 g/mol. The lowest BCUT2D eigenvalue weighted by molar-refractivity contribution is 0.0977. The first-order valence-corrected chi connectivity index (χ1v) is 7.76. The van der Waals surface area contributed by atoms with Crippen LogP contribution in [0.2, 0.25) is 0 Å². The molecule has 2 aromatic rings. The molecule has 0 bridgehead atoms. The summed E-state index contributed by atoms with van der Waals surface area (Å²) in [7, 11) is 3.06. The van der Waals surface area contributed by atoms with Crippen molar-refractivity contribution in [2.24, 2.45) is 0 Å². The van der Waals surface area contributed by atoms with Crippen LogP contribution in [-0.2, 0) is 0 Å². The number of thiocarbonyl (C=S) groups is 1. The topological polar surface area (TPSA) is 59.6 Å². The first-order valence-electron chi connectivity index (χ1n) is 7.35. The zero-order valence-electron chi connectivity index (χ0n) is 14.1.